The molecule has 5 unspecified atom stereocenters. The van der Waals surface area contributed by atoms with Crippen molar-refractivity contribution in [1.29, 1.82) is 0 Å². The van der Waals surface area contributed by atoms with Gasteiger partial charge in [0.15, 0.2) is 12.6 Å². The number of methoxy groups -OCH3 is 1. The second kappa shape index (κ2) is 16.7. The number of cyclic esters (lactones) is 1. The van der Waals surface area contributed by atoms with Gasteiger partial charge in [0.1, 0.15) is 48.1 Å². The van der Waals surface area contributed by atoms with E-state index >= 15 is 0 Å². The zero-order valence-electron chi connectivity index (χ0n) is 33.2. The van der Waals surface area contributed by atoms with E-state index in [9.17, 15) is 29.6 Å². The molecule has 4 aliphatic rings. The van der Waals surface area contributed by atoms with Crippen molar-refractivity contribution in [3.05, 3.63) is 11.3 Å². The van der Waals surface area contributed by atoms with Crippen molar-refractivity contribution in [1.82, 2.24) is 4.90 Å². The molecule has 0 radical (unpaired) electrons. The number of rotatable bonds is 11. The van der Waals surface area contributed by atoms with Gasteiger partial charge >= 0.3 is 5.97 Å². The van der Waals surface area contributed by atoms with Crippen molar-refractivity contribution in [2.75, 3.05) is 27.4 Å². The number of alkyl halides is 1. The van der Waals surface area contributed by atoms with Crippen LogP contribution in [0.5, 0.6) is 0 Å². The first-order chi connectivity index (χ1) is 24.1. The highest BCUT2D eigenvalue weighted by molar-refractivity contribution is 5.73. The number of aliphatic hydroxyl groups is 4. The van der Waals surface area contributed by atoms with E-state index in [1.54, 1.807) is 46.6 Å². The van der Waals surface area contributed by atoms with Gasteiger partial charge in [-0.2, -0.15) is 0 Å². The average molecular weight is 748 g/mol. The molecular weight excluding hydrogens is 681 g/mol. The summed E-state index contributed by atoms with van der Waals surface area (Å²) in [6.07, 6.45) is -8.16. The molecule has 0 aliphatic carbocycles. The fourth-order valence-electron chi connectivity index (χ4n) is 8.95. The molecule has 0 aromatic carbocycles. The highest BCUT2D eigenvalue weighted by Crippen LogP contribution is 2.48. The summed E-state index contributed by atoms with van der Waals surface area (Å²) in [5.41, 5.74) is -3.11. The van der Waals surface area contributed by atoms with Crippen LogP contribution in [0.25, 0.3) is 0 Å². The lowest BCUT2D eigenvalue weighted by Gasteiger charge is -2.48. The first-order valence-corrected chi connectivity index (χ1v) is 18.9. The lowest BCUT2D eigenvalue weighted by molar-refractivity contribution is -0.316. The average Bonchev–Trinajstić information content (AvgIpc) is 3.40. The summed E-state index contributed by atoms with van der Waals surface area (Å²) in [7, 11) is 3.27. The number of hydrogen-bond donors (Lipinski definition) is 4. The van der Waals surface area contributed by atoms with Gasteiger partial charge in [0.05, 0.1) is 41.9 Å². The van der Waals surface area contributed by atoms with Crippen LogP contribution in [0, 0.1) is 17.8 Å². The van der Waals surface area contributed by atoms with Crippen LogP contribution >= 0.6 is 0 Å². The van der Waals surface area contributed by atoms with Crippen LogP contribution in [-0.2, 0) is 38.0 Å². The predicted molar refractivity (Wildman–Crippen MR) is 189 cm³/mol. The molecule has 4 aliphatic heterocycles. The number of hydrogen-bond acceptors (Lipinski definition) is 13. The van der Waals surface area contributed by atoms with Crippen LogP contribution in [0.3, 0.4) is 0 Å². The molecule has 0 spiro atoms. The third-order valence-electron chi connectivity index (χ3n) is 12.3. The molecular formula is C38H66FNO12. The van der Waals surface area contributed by atoms with Crippen molar-refractivity contribution < 1.29 is 62.8 Å². The number of nitrogens with zero attached hydrogens (tertiary/aromatic N) is 1. The Morgan fingerprint density at radius 2 is 1.75 bits per heavy atom. The molecule has 302 valence electrons. The Labute approximate surface area is 309 Å². The Morgan fingerprint density at radius 3 is 2.35 bits per heavy atom. The SMILES string of the molecule is CC[C@H](O)[C@@](C)(O)[C@@H]1OC(=O)[C@H](C)[C@@H](O[C@H]2CC(C)(OC)[C@@H](O)C(C)O2)[C@H](C)[C@@H](O[C@@H]2OC(C)CC(N(C)CCF)C2O)[C@@]2(C)CC(C)=C(O2)[C@@H]1C. The number of likely N-dealkylation sites (N-methyl/N-ethyl adjacent to an activating group) is 1. The molecule has 13 nitrogen and oxygen atoms in total. The monoisotopic (exact) mass is 747 g/mol. The molecule has 0 saturated carbocycles. The van der Waals surface area contributed by atoms with Gasteiger partial charge in [0.25, 0.3) is 0 Å². The van der Waals surface area contributed by atoms with E-state index in [1.807, 2.05) is 27.7 Å². The zero-order valence-corrected chi connectivity index (χ0v) is 33.2. The Balaban J connectivity index is 1.82. The topological polar surface area (TPSA) is 166 Å². The molecule has 2 bridgehead atoms. The Kier molecular flexibility index (Phi) is 13.9. The molecule has 52 heavy (non-hydrogen) atoms. The van der Waals surface area contributed by atoms with Crippen LogP contribution in [0.1, 0.15) is 94.9 Å². The molecule has 4 rings (SSSR count). The van der Waals surface area contributed by atoms with E-state index < -0.39 is 109 Å². The Bertz CT molecular complexity index is 1250. The van der Waals surface area contributed by atoms with E-state index in [4.69, 9.17) is 33.2 Å². The first-order valence-electron chi connectivity index (χ1n) is 18.9. The number of carbonyl (C=O) groups excluding carboxylic acids is 1. The number of ether oxygens (including phenoxy) is 7. The van der Waals surface area contributed by atoms with Gasteiger partial charge in [-0.3, -0.25) is 9.69 Å². The largest absolute Gasteiger partial charge is 0.488 e. The van der Waals surface area contributed by atoms with Crippen LogP contribution in [0.4, 0.5) is 4.39 Å². The molecule has 4 N–H and O–H groups in total. The van der Waals surface area contributed by atoms with Crippen molar-refractivity contribution in [2.45, 2.75) is 179 Å². The maximum absolute atomic E-state index is 14.3. The molecule has 3 saturated heterocycles. The van der Waals surface area contributed by atoms with Crippen LogP contribution in [0.2, 0.25) is 0 Å². The highest BCUT2D eigenvalue weighted by Gasteiger charge is 2.57. The molecule has 0 aromatic rings. The van der Waals surface area contributed by atoms with E-state index in [0.717, 1.165) is 5.57 Å². The minimum atomic E-state index is -1.85. The number of esters is 1. The van der Waals surface area contributed by atoms with Gasteiger partial charge in [0, 0.05) is 38.5 Å². The van der Waals surface area contributed by atoms with Crippen LogP contribution in [0.15, 0.2) is 11.3 Å². The number of aliphatic hydroxyl groups excluding tert-OH is 3. The van der Waals surface area contributed by atoms with E-state index in [1.165, 1.54) is 14.0 Å². The molecule has 0 aromatic heterocycles. The quantitative estimate of drug-likeness (QED) is 0.228. The molecule has 14 heteroatoms. The lowest BCUT2D eigenvalue weighted by atomic mass is 9.78. The van der Waals surface area contributed by atoms with Gasteiger partial charge in [-0.25, -0.2) is 4.39 Å². The smallest absolute Gasteiger partial charge is 0.311 e. The standard InChI is InChI=1S/C38H66FNO12/c1-13-26(41)38(10,45)33-21(4)29-19(2)17-37(9,52-29)32(51-35-28(42)25(16-20(3)47-35)40(11)15-14-39)22(5)30(23(6)34(44)50-33)49-27-18-36(8,46-12)31(43)24(7)48-27/h20-28,30-33,35,41-43,45H,13-18H2,1-12H3/t20?,21-,22-,23+,24?,25?,26-,27-,28?,30-,31-,32+,33+,35-,36?,37+,38+/m0/s1. The molecule has 17 atom stereocenters. The fraction of sp³-hybridized carbons (Fsp3) is 0.921. The van der Waals surface area contributed by atoms with Gasteiger partial charge in [-0.05, 0) is 73.9 Å². The van der Waals surface area contributed by atoms with Crippen molar-refractivity contribution in [2.24, 2.45) is 17.8 Å². The minimum Gasteiger partial charge on any atom is -0.488 e. The van der Waals surface area contributed by atoms with E-state index in [-0.39, 0.29) is 25.5 Å². The van der Waals surface area contributed by atoms with Gasteiger partial charge < -0.3 is 53.6 Å². The molecule has 4 heterocycles. The minimum absolute atomic E-state index is 0.133. The maximum Gasteiger partial charge on any atom is 0.311 e. The van der Waals surface area contributed by atoms with Crippen molar-refractivity contribution >= 4 is 5.97 Å². The molecule has 3 fully saturated rings. The van der Waals surface area contributed by atoms with Gasteiger partial charge in [0.2, 0.25) is 0 Å². The van der Waals surface area contributed by atoms with Crippen LogP contribution < -0.4 is 0 Å². The normalized spacial score (nSPS) is 45.2. The molecule has 0 amide bonds. The summed E-state index contributed by atoms with van der Waals surface area (Å²) in [5.74, 6) is -2.47. The van der Waals surface area contributed by atoms with E-state index in [2.05, 4.69) is 0 Å². The van der Waals surface area contributed by atoms with Crippen molar-refractivity contribution in [3.63, 3.8) is 0 Å². The maximum atomic E-state index is 14.3. The summed E-state index contributed by atoms with van der Waals surface area (Å²) in [6, 6.07) is -0.445. The van der Waals surface area contributed by atoms with Gasteiger partial charge in [-0.15, -0.1) is 0 Å². The summed E-state index contributed by atoms with van der Waals surface area (Å²) in [6.45, 7) is 17.3. The van der Waals surface area contributed by atoms with Gasteiger partial charge in [-0.1, -0.05) is 20.8 Å². The Hall–Kier alpha value is -1.46. The van der Waals surface area contributed by atoms with Crippen molar-refractivity contribution in [3.8, 4) is 0 Å². The third-order valence-corrected chi connectivity index (χ3v) is 12.3. The van der Waals surface area contributed by atoms with Crippen LogP contribution in [-0.4, -0.2) is 143 Å². The zero-order chi connectivity index (χ0) is 39.1. The summed E-state index contributed by atoms with van der Waals surface area (Å²) >= 11 is 0. The summed E-state index contributed by atoms with van der Waals surface area (Å²) in [5, 5.41) is 45.3. The third kappa shape index (κ3) is 8.51. The lowest BCUT2D eigenvalue weighted by Crippen LogP contribution is -2.60. The number of fused-ring (bicyclic) bond motifs is 2. The summed E-state index contributed by atoms with van der Waals surface area (Å²) < 4.78 is 58.2. The summed E-state index contributed by atoms with van der Waals surface area (Å²) in [4.78, 5) is 16.1. The second-order valence-corrected chi connectivity index (χ2v) is 16.6. The number of carbonyl (C=O) groups is 1. The fourth-order valence-corrected chi connectivity index (χ4v) is 8.95. The van der Waals surface area contributed by atoms with E-state index in [0.29, 0.717) is 18.6 Å². The predicted octanol–water partition coefficient (Wildman–Crippen LogP) is 3.23. The number of halogens is 1. The highest BCUT2D eigenvalue weighted by atomic mass is 19.1. The first kappa shape index (κ1) is 43.3. The Morgan fingerprint density at radius 1 is 1.10 bits per heavy atom. The second-order valence-electron chi connectivity index (χ2n) is 16.6.